The topological polar surface area (TPSA) is 78.4 Å². The molecule has 1 heterocycles. The van der Waals surface area contributed by atoms with Crippen LogP contribution in [0.2, 0.25) is 0 Å². The van der Waals surface area contributed by atoms with Gasteiger partial charge >= 0.3 is 0 Å². The van der Waals surface area contributed by atoms with Crippen molar-refractivity contribution in [1.82, 2.24) is 5.32 Å². The van der Waals surface area contributed by atoms with Gasteiger partial charge in [0.1, 0.15) is 18.1 Å². The second-order valence-corrected chi connectivity index (χ2v) is 9.45. The lowest BCUT2D eigenvalue weighted by Crippen LogP contribution is -2.35. The third kappa shape index (κ3) is 8.35. The van der Waals surface area contributed by atoms with Crippen molar-refractivity contribution in [1.29, 1.82) is 0 Å². The van der Waals surface area contributed by atoms with Gasteiger partial charge in [-0.1, -0.05) is 47.6 Å². The quantitative estimate of drug-likeness (QED) is 0.268. The predicted octanol–water partition coefficient (Wildman–Crippen LogP) is 5.09. The molecule has 3 aromatic carbocycles. The molecular weight excluding hydrogens is 480 g/mol. The van der Waals surface area contributed by atoms with Gasteiger partial charge in [0.25, 0.3) is 5.91 Å². The van der Waals surface area contributed by atoms with E-state index < -0.39 is 0 Å². The molecule has 0 radical (unpaired) electrons. The van der Waals surface area contributed by atoms with Crippen LogP contribution in [0.4, 0.5) is 0 Å². The number of rotatable bonds is 12. The Kier molecular flexibility index (Phi) is 10.2. The van der Waals surface area contributed by atoms with Crippen molar-refractivity contribution < 1.29 is 23.8 Å². The number of hydrogen-bond acceptors (Lipinski definition) is 6. The summed E-state index contributed by atoms with van der Waals surface area (Å²) in [4.78, 5) is 18.1. The fraction of sp³-hybridized carbons (Fsp3) is 0.355. The molecule has 0 spiro atoms. The van der Waals surface area contributed by atoms with E-state index in [1.165, 1.54) is 0 Å². The van der Waals surface area contributed by atoms with E-state index in [9.17, 15) is 4.79 Å². The summed E-state index contributed by atoms with van der Waals surface area (Å²) in [7, 11) is 1.65. The molecule has 1 saturated heterocycles. The molecule has 0 unspecified atom stereocenters. The number of methoxy groups -OCH3 is 1. The minimum atomic E-state index is -0.113. The lowest BCUT2D eigenvalue weighted by Gasteiger charge is -2.22. The Morgan fingerprint density at radius 3 is 2.47 bits per heavy atom. The van der Waals surface area contributed by atoms with Crippen LogP contribution in [0.3, 0.4) is 0 Å². The van der Waals surface area contributed by atoms with Gasteiger partial charge in [-0.25, -0.2) is 0 Å². The number of nitrogens with zero attached hydrogens (tertiary/aromatic N) is 1. The summed E-state index contributed by atoms with van der Waals surface area (Å²) in [6.45, 7) is 4.51. The molecule has 38 heavy (non-hydrogen) atoms. The molecule has 1 N–H and O–H groups in total. The van der Waals surface area contributed by atoms with E-state index in [2.05, 4.69) is 22.6 Å². The Hall–Kier alpha value is -3.84. The highest BCUT2D eigenvalue weighted by Crippen LogP contribution is 2.21. The zero-order valence-corrected chi connectivity index (χ0v) is 22.2. The molecule has 0 aromatic heterocycles. The van der Waals surface area contributed by atoms with Crippen molar-refractivity contribution in [3.05, 3.63) is 95.1 Å². The number of benzene rings is 3. The number of amides is 1. The maximum absolute atomic E-state index is 12.3. The molecule has 1 aliphatic heterocycles. The van der Waals surface area contributed by atoms with Crippen molar-refractivity contribution in [3.63, 3.8) is 0 Å². The molecule has 200 valence electrons. The molecule has 1 amide bonds. The molecule has 3 aromatic rings. The van der Waals surface area contributed by atoms with E-state index in [1.807, 2.05) is 67.6 Å². The highest BCUT2D eigenvalue weighted by atomic mass is 16.6. The summed E-state index contributed by atoms with van der Waals surface area (Å²) in [6, 6.07) is 23.8. The number of aryl methyl sites for hydroxylation is 1. The summed E-state index contributed by atoms with van der Waals surface area (Å²) >= 11 is 0. The molecular formula is C31H36N2O5. The first-order valence-electron chi connectivity index (χ1n) is 13.0. The first kappa shape index (κ1) is 27.2. The maximum Gasteiger partial charge on any atom is 0.257 e. The molecule has 4 rings (SSSR count). The first-order chi connectivity index (χ1) is 18.6. The van der Waals surface area contributed by atoms with Crippen LogP contribution in [0.15, 0.2) is 78.0 Å². The zero-order chi connectivity index (χ0) is 26.6. The molecule has 0 saturated carbocycles. The van der Waals surface area contributed by atoms with E-state index >= 15 is 0 Å². The van der Waals surface area contributed by atoms with Crippen LogP contribution in [0.1, 0.15) is 35.1 Å². The van der Waals surface area contributed by atoms with Crippen LogP contribution < -0.4 is 14.8 Å². The number of hydrogen-bond donors (Lipinski definition) is 1. The SMILES string of the molecule is COc1ccc(CON=C(Cc2ccccc2)c2ccc(OCC(=O)NCC3CCOCC3)c(C)c2)cc1. The lowest BCUT2D eigenvalue weighted by molar-refractivity contribution is -0.123. The minimum absolute atomic E-state index is 0.0145. The average molecular weight is 517 g/mol. The van der Waals surface area contributed by atoms with Crippen molar-refractivity contribution in [2.75, 3.05) is 33.5 Å². The Morgan fingerprint density at radius 2 is 1.76 bits per heavy atom. The third-order valence-electron chi connectivity index (χ3n) is 6.58. The van der Waals surface area contributed by atoms with Crippen LogP contribution in [0.5, 0.6) is 11.5 Å². The summed E-state index contributed by atoms with van der Waals surface area (Å²) < 4.78 is 16.4. The van der Waals surface area contributed by atoms with Gasteiger partial charge in [-0.05, 0) is 72.7 Å². The summed E-state index contributed by atoms with van der Waals surface area (Å²) in [5, 5.41) is 7.49. The number of ether oxygens (including phenoxy) is 3. The highest BCUT2D eigenvalue weighted by Gasteiger charge is 2.15. The zero-order valence-electron chi connectivity index (χ0n) is 22.2. The Balaban J connectivity index is 1.38. The summed E-state index contributed by atoms with van der Waals surface area (Å²) in [5.41, 5.74) is 4.82. The fourth-order valence-corrected chi connectivity index (χ4v) is 4.28. The van der Waals surface area contributed by atoms with Crippen molar-refractivity contribution in [3.8, 4) is 11.5 Å². The molecule has 7 heteroatoms. The normalized spacial score (nSPS) is 14.1. The summed E-state index contributed by atoms with van der Waals surface area (Å²) in [6.07, 6.45) is 2.59. The second kappa shape index (κ2) is 14.2. The van der Waals surface area contributed by atoms with E-state index in [0.29, 0.717) is 31.2 Å². The molecule has 1 aliphatic rings. The first-order valence-corrected chi connectivity index (χ1v) is 13.0. The van der Waals surface area contributed by atoms with E-state index in [4.69, 9.17) is 19.0 Å². The molecule has 0 aliphatic carbocycles. The van der Waals surface area contributed by atoms with Crippen molar-refractivity contribution in [2.24, 2.45) is 11.1 Å². The van der Waals surface area contributed by atoms with Crippen LogP contribution in [0, 0.1) is 12.8 Å². The van der Waals surface area contributed by atoms with Crippen LogP contribution in [-0.4, -0.2) is 45.1 Å². The average Bonchev–Trinajstić information content (AvgIpc) is 2.96. The van der Waals surface area contributed by atoms with Gasteiger partial charge in [0, 0.05) is 31.7 Å². The van der Waals surface area contributed by atoms with Crippen LogP contribution >= 0.6 is 0 Å². The van der Waals surface area contributed by atoms with Crippen LogP contribution in [-0.2, 0) is 27.4 Å². The lowest BCUT2D eigenvalue weighted by atomic mass is 10.0. The largest absolute Gasteiger partial charge is 0.497 e. The summed E-state index contributed by atoms with van der Waals surface area (Å²) in [5.74, 6) is 1.84. The van der Waals surface area contributed by atoms with Crippen LogP contribution in [0.25, 0.3) is 0 Å². The van der Waals surface area contributed by atoms with E-state index in [1.54, 1.807) is 7.11 Å². The van der Waals surface area contributed by atoms with Gasteiger partial charge in [-0.3, -0.25) is 4.79 Å². The highest BCUT2D eigenvalue weighted by molar-refractivity contribution is 6.01. The number of carbonyl (C=O) groups is 1. The van der Waals surface area contributed by atoms with Gasteiger partial charge in [-0.15, -0.1) is 0 Å². The third-order valence-corrected chi connectivity index (χ3v) is 6.58. The standard InChI is InChI=1S/C31H36N2O5/c1-23-18-27(10-13-30(23)37-22-31(34)32-20-25-14-16-36-17-15-25)29(19-24-6-4-3-5-7-24)33-38-21-26-8-11-28(35-2)12-9-26/h3-13,18,25H,14-17,19-22H2,1-2H3,(H,32,34). The minimum Gasteiger partial charge on any atom is -0.497 e. The Labute approximate surface area is 224 Å². The maximum atomic E-state index is 12.3. The Bertz CT molecular complexity index is 1190. The van der Waals surface area contributed by atoms with Gasteiger partial charge < -0.3 is 24.4 Å². The predicted molar refractivity (Wildman–Crippen MR) is 148 cm³/mol. The van der Waals surface area contributed by atoms with Gasteiger partial charge in [0.15, 0.2) is 6.61 Å². The van der Waals surface area contributed by atoms with Crippen molar-refractivity contribution in [2.45, 2.75) is 32.8 Å². The Morgan fingerprint density at radius 1 is 1.00 bits per heavy atom. The van der Waals surface area contributed by atoms with Gasteiger partial charge in [0.2, 0.25) is 0 Å². The number of oxime groups is 1. The molecule has 7 nitrogen and oxygen atoms in total. The molecule has 1 fully saturated rings. The molecule has 0 bridgehead atoms. The van der Waals surface area contributed by atoms with Crippen molar-refractivity contribution >= 4 is 11.6 Å². The van der Waals surface area contributed by atoms with E-state index in [-0.39, 0.29) is 12.5 Å². The molecule has 0 atom stereocenters. The number of nitrogens with one attached hydrogen (secondary N) is 1. The second-order valence-electron chi connectivity index (χ2n) is 9.45. The monoisotopic (exact) mass is 516 g/mol. The van der Waals surface area contributed by atoms with Gasteiger partial charge in [0.05, 0.1) is 12.8 Å². The fourth-order valence-electron chi connectivity index (χ4n) is 4.28. The number of carbonyl (C=O) groups excluding carboxylic acids is 1. The van der Waals surface area contributed by atoms with E-state index in [0.717, 1.165) is 59.8 Å². The van der Waals surface area contributed by atoms with Gasteiger partial charge in [-0.2, -0.15) is 0 Å². The smallest absolute Gasteiger partial charge is 0.257 e.